The second-order valence-corrected chi connectivity index (χ2v) is 8.03. The highest BCUT2D eigenvalue weighted by Crippen LogP contribution is 2.41. The maximum Gasteiger partial charge on any atom is 0.416 e. The van der Waals surface area contributed by atoms with Gasteiger partial charge in [-0.05, 0) is 42.5 Å². The molecular formula is C20H18ClF3N4O. The molecule has 0 bridgehead atoms. The van der Waals surface area contributed by atoms with Crippen LogP contribution < -0.4 is 10.2 Å². The molecule has 0 spiro atoms. The Labute approximate surface area is 170 Å². The summed E-state index contributed by atoms with van der Waals surface area (Å²) in [5, 5.41) is 9.08. The summed E-state index contributed by atoms with van der Waals surface area (Å²) in [5.74, 6) is 0. The number of nitrogens with zero attached hydrogens (tertiary/aromatic N) is 3. The zero-order chi connectivity index (χ0) is 21.0. The van der Waals surface area contributed by atoms with E-state index >= 15 is 0 Å². The van der Waals surface area contributed by atoms with Gasteiger partial charge in [0, 0.05) is 41.0 Å². The number of carbonyl (C=O) groups is 1. The first-order valence-electron chi connectivity index (χ1n) is 8.93. The Kier molecular flexibility index (Phi) is 4.49. The fraction of sp³-hybridized carbons (Fsp3) is 0.300. The smallest absolute Gasteiger partial charge is 0.373 e. The van der Waals surface area contributed by atoms with Crippen molar-refractivity contribution in [3.63, 3.8) is 0 Å². The van der Waals surface area contributed by atoms with E-state index in [-0.39, 0.29) is 11.1 Å². The number of alkyl halides is 3. The van der Waals surface area contributed by atoms with Crippen molar-refractivity contribution in [2.75, 3.05) is 30.4 Å². The predicted molar refractivity (Wildman–Crippen MR) is 107 cm³/mol. The minimum absolute atomic E-state index is 0.271. The summed E-state index contributed by atoms with van der Waals surface area (Å²) in [6.07, 6.45) is -4.42. The molecule has 1 N–H and O–H groups in total. The molecule has 0 aromatic heterocycles. The van der Waals surface area contributed by atoms with Gasteiger partial charge in [-0.2, -0.15) is 18.3 Å². The number of urea groups is 1. The van der Waals surface area contributed by atoms with E-state index in [2.05, 4.69) is 15.3 Å². The molecule has 1 atom stereocenters. The van der Waals surface area contributed by atoms with Crippen molar-refractivity contribution in [1.29, 1.82) is 0 Å². The minimum atomic E-state index is -4.42. The van der Waals surface area contributed by atoms with Crippen LogP contribution in [0, 0.1) is 5.41 Å². The van der Waals surface area contributed by atoms with Crippen LogP contribution in [0.3, 0.4) is 0 Å². The quantitative estimate of drug-likeness (QED) is 0.697. The second kappa shape index (κ2) is 6.66. The van der Waals surface area contributed by atoms with Crippen molar-refractivity contribution >= 4 is 34.7 Å². The third-order valence-corrected chi connectivity index (χ3v) is 5.44. The lowest BCUT2D eigenvalue weighted by Crippen LogP contribution is -2.46. The SMILES string of the molecule is CN1CC2(C)CN(C(=O)Nc3ccc(C(F)(F)F)cc3)N=C2c2ccc(Cl)cc21. The standard InChI is InChI=1S/C20H18ClF3N4O/c1-19-10-27(2)16-9-13(21)5-8-15(16)17(19)26-28(11-19)18(29)25-14-6-3-12(4-7-14)20(22,23)24/h3-9H,10-11H2,1-2H3,(H,25,29). The molecule has 2 heterocycles. The second-order valence-electron chi connectivity index (χ2n) is 7.59. The van der Waals surface area contributed by atoms with Crippen LogP contribution in [0.4, 0.5) is 29.3 Å². The van der Waals surface area contributed by atoms with Gasteiger partial charge in [-0.1, -0.05) is 18.5 Å². The van der Waals surface area contributed by atoms with Crippen molar-refractivity contribution in [2.45, 2.75) is 13.1 Å². The first-order chi connectivity index (χ1) is 13.6. The molecule has 1 unspecified atom stereocenters. The highest BCUT2D eigenvalue weighted by Gasteiger charge is 2.46. The van der Waals surface area contributed by atoms with Gasteiger partial charge in [0.2, 0.25) is 0 Å². The van der Waals surface area contributed by atoms with E-state index in [1.54, 1.807) is 6.07 Å². The summed E-state index contributed by atoms with van der Waals surface area (Å²) in [6, 6.07) is 9.36. The number of hydrogen-bond acceptors (Lipinski definition) is 3. The molecule has 4 rings (SSSR count). The summed E-state index contributed by atoms with van der Waals surface area (Å²) >= 11 is 6.12. The first kappa shape index (κ1) is 19.6. The Bertz CT molecular complexity index is 1010. The molecule has 152 valence electrons. The van der Waals surface area contributed by atoms with Crippen LogP contribution in [0.5, 0.6) is 0 Å². The number of rotatable bonds is 1. The van der Waals surface area contributed by atoms with Crippen LogP contribution in [0.2, 0.25) is 5.02 Å². The molecule has 0 fully saturated rings. The average Bonchev–Trinajstić information content (AvgIpc) is 2.99. The van der Waals surface area contributed by atoms with E-state index in [1.807, 2.05) is 26.1 Å². The number of anilines is 2. The van der Waals surface area contributed by atoms with Crippen LogP contribution in [-0.2, 0) is 6.18 Å². The Balaban J connectivity index is 1.57. The molecule has 2 aromatic rings. The molecular weight excluding hydrogens is 405 g/mol. The highest BCUT2D eigenvalue weighted by molar-refractivity contribution is 6.31. The topological polar surface area (TPSA) is 47.9 Å². The van der Waals surface area contributed by atoms with Gasteiger partial charge in [-0.25, -0.2) is 9.80 Å². The maximum atomic E-state index is 12.7. The fourth-order valence-electron chi connectivity index (χ4n) is 3.86. The lowest BCUT2D eigenvalue weighted by molar-refractivity contribution is -0.137. The minimum Gasteiger partial charge on any atom is -0.373 e. The average molecular weight is 423 g/mol. The maximum absolute atomic E-state index is 12.7. The molecule has 9 heteroatoms. The van der Waals surface area contributed by atoms with Gasteiger partial charge >= 0.3 is 12.2 Å². The molecule has 0 radical (unpaired) electrons. The van der Waals surface area contributed by atoms with E-state index in [9.17, 15) is 18.0 Å². The van der Waals surface area contributed by atoms with Gasteiger partial charge in [-0.3, -0.25) is 0 Å². The van der Waals surface area contributed by atoms with Gasteiger partial charge in [0.05, 0.1) is 17.8 Å². The number of fused-ring (bicyclic) bond motifs is 3. The van der Waals surface area contributed by atoms with Gasteiger partial charge < -0.3 is 10.2 Å². The molecule has 2 aliphatic heterocycles. The van der Waals surface area contributed by atoms with Crippen molar-refractivity contribution in [2.24, 2.45) is 10.5 Å². The molecule has 2 aromatic carbocycles. The largest absolute Gasteiger partial charge is 0.416 e. The number of hydrogen-bond donors (Lipinski definition) is 1. The first-order valence-corrected chi connectivity index (χ1v) is 9.31. The molecule has 0 aliphatic carbocycles. The van der Waals surface area contributed by atoms with E-state index in [0.717, 1.165) is 29.1 Å². The number of halogens is 4. The van der Waals surface area contributed by atoms with Gasteiger partial charge in [0.1, 0.15) is 0 Å². The normalized spacial score (nSPS) is 20.8. The Morgan fingerprint density at radius 3 is 2.52 bits per heavy atom. The summed E-state index contributed by atoms with van der Waals surface area (Å²) in [7, 11) is 1.96. The third kappa shape index (κ3) is 3.53. The van der Waals surface area contributed by atoms with Crippen LogP contribution in [0.1, 0.15) is 18.1 Å². The van der Waals surface area contributed by atoms with Gasteiger partial charge in [-0.15, -0.1) is 0 Å². The third-order valence-electron chi connectivity index (χ3n) is 5.20. The van der Waals surface area contributed by atoms with E-state index in [4.69, 9.17) is 11.6 Å². The van der Waals surface area contributed by atoms with Crippen molar-refractivity contribution < 1.29 is 18.0 Å². The van der Waals surface area contributed by atoms with E-state index < -0.39 is 17.8 Å². The predicted octanol–water partition coefficient (Wildman–Crippen LogP) is 5.07. The Morgan fingerprint density at radius 1 is 1.17 bits per heavy atom. The number of benzene rings is 2. The Hall–Kier alpha value is -2.74. The molecule has 0 saturated heterocycles. The fourth-order valence-corrected chi connectivity index (χ4v) is 4.03. The molecule has 2 amide bonds. The van der Waals surface area contributed by atoms with Crippen molar-refractivity contribution in [3.05, 3.63) is 58.6 Å². The van der Waals surface area contributed by atoms with Crippen LogP contribution in [0.15, 0.2) is 47.6 Å². The summed E-state index contributed by atoms with van der Waals surface area (Å²) in [6.45, 7) is 3.05. The van der Waals surface area contributed by atoms with Gasteiger partial charge in [0.15, 0.2) is 0 Å². The van der Waals surface area contributed by atoms with Crippen LogP contribution in [0.25, 0.3) is 0 Å². The van der Waals surface area contributed by atoms with Crippen molar-refractivity contribution in [1.82, 2.24) is 5.01 Å². The zero-order valence-electron chi connectivity index (χ0n) is 15.7. The number of nitrogens with one attached hydrogen (secondary N) is 1. The summed E-state index contributed by atoms with van der Waals surface area (Å²) < 4.78 is 38.1. The lowest BCUT2D eigenvalue weighted by atomic mass is 9.78. The Morgan fingerprint density at radius 2 is 1.86 bits per heavy atom. The lowest BCUT2D eigenvalue weighted by Gasteiger charge is -2.38. The summed E-state index contributed by atoms with van der Waals surface area (Å²) in [5.41, 5.74) is 1.79. The number of carbonyl (C=O) groups excluding carboxylic acids is 1. The van der Waals surface area contributed by atoms with E-state index in [1.165, 1.54) is 17.1 Å². The number of amides is 2. The highest BCUT2D eigenvalue weighted by atomic mass is 35.5. The summed E-state index contributed by atoms with van der Waals surface area (Å²) in [4.78, 5) is 14.8. The van der Waals surface area contributed by atoms with Crippen LogP contribution in [-0.4, -0.2) is 36.9 Å². The molecule has 5 nitrogen and oxygen atoms in total. The molecule has 2 aliphatic rings. The number of hydrazone groups is 1. The van der Waals surface area contributed by atoms with Gasteiger partial charge in [0.25, 0.3) is 0 Å². The monoisotopic (exact) mass is 422 g/mol. The van der Waals surface area contributed by atoms with Crippen LogP contribution >= 0.6 is 11.6 Å². The zero-order valence-corrected chi connectivity index (χ0v) is 16.5. The van der Waals surface area contributed by atoms with E-state index in [0.29, 0.717) is 18.1 Å². The molecule has 0 saturated carbocycles. The van der Waals surface area contributed by atoms with Crippen molar-refractivity contribution in [3.8, 4) is 0 Å². The molecule has 29 heavy (non-hydrogen) atoms.